The first-order valence-electron chi connectivity index (χ1n) is 4.46. The zero-order valence-corrected chi connectivity index (χ0v) is 12.0. The third kappa shape index (κ3) is 3.67. The summed E-state index contributed by atoms with van der Waals surface area (Å²) in [6.45, 7) is 0.883. The van der Waals surface area contributed by atoms with Crippen LogP contribution in [0, 0.1) is 0 Å². The van der Waals surface area contributed by atoms with E-state index in [1.54, 1.807) is 11.0 Å². The van der Waals surface area contributed by atoms with Crippen LogP contribution in [0.5, 0.6) is 0 Å². The number of nitrogens with zero attached hydrogens (tertiary/aromatic N) is 1. The second-order valence-corrected chi connectivity index (χ2v) is 5.95. The minimum absolute atomic E-state index is 0.186. The minimum atomic E-state index is -0.186. The van der Waals surface area contributed by atoms with E-state index in [1.807, 2.05) is 0 Å². The molecular weight excluding hydrogens is 312 g/mol. The number of hydrogen-bond donors (Lipinski definition) is 0. The van der Waals surface area contributed by atoms with Crippen molar-refractivity contribution in [3.05, 3.63) is 20.3 Å². The number of halogens is 4. The molecule has 0 bridgehead atoms. The summed E-state index contributed by atoms with van der Waals surface area (Å²) in [6, 6.07) is 1.56. The molecule has 1 heterocycles. The van der Waals surface area contributed by atoms with Crippen molar-refractivity contribution in [1.29, 1.82) is 0 Å². The Morgan fingerprint density at radius 1 is 1.25 bits per heavy atom. The van der Waals surface area contributed by atoms with Gasteiger partial charge in [-0.3, -0.25) is 4.79 Å². The van der Waals surface area contributed by atoms with Crippen molar-refractivity contribution in [2.24, 2.45) is 0 Å². The Balaban J connectivity index is 2.85. The predicted molar refractivity (Wildman–Crippen MR) is 71.7 cm³/mol. The van der Waals surface area contributed by atoms with Gasteiger partial charge in [0.05, 0.1) is 9.90 Å². The molecule has 0 unspecified atom stereocenters. The first kappa shape index (κ1) is 14.4. The number of thiophene rings is 1. The van der Waals surface area contributed by atoms with Gasteiger partial charge in [0, 0.05) is 24.8 Å². The number of hydrogen-bond acceptors (Lipinski definition) is 2. The maximum atomic E-state index is 12.0. The third-order valence-corrected chi connectivity index (χ3v) is 3.71. The summed E-state index contributed by atoms with van der Waals surface area (Å²) < 4.78 is 0.884. The molecular formula is C9H9Cl4NOS. The highest BCUT2D eigenvalue weighted by Crippen LogP contribution is 2.31. The van der Waals surface area contributed by atoms with E-state index in [9.17, 15) is 4.79 Å². The van der Waals surface area contributed by atoms with E-state index >= 15 is 0 Å². The predicted octanol–water partition coefficient (Wildman–Crippen LogP) is 3.97. The molecule has 0 aliphatic heterocycles. The fourth-order valence-electron chi connectivity index (χ4n) is 1.18. The molecule has 0 aromatic carbocycles. The lowest BCUT2D eigenvalue weighted by atomic mass is 10.3. The number of rotatable bonds is 5. The minimum Gasteiger partial charge on any atom is -0.336 e. The summed E-state index contributed by atoms with van der Waals surface area (Å²) in [4.78, 5) is 13.6. The quantitative estimate of drug-likeness (QED) is 0.752. The molecule has 0 saturated heterocycles. The van der Waals surface area contributed by atoms with Gasteiger partial charge in [0.25, 0.3) is 5.91 Å². The highest BCUT2D eigenvalue weighted by atomic mass is 35.5. The maximum Gasteiger partial charge on any atom is 0.256 e. The van der Waals surface area contributed by atoms with Gasteiger partial charge in [-0.1, -0.05) is 23.2 Å². The van der Waals surface area contributed by atoms with Crippen molar-refractivity contribution < 1.29 is 4.79 Å². The lowest BCUT2D eigenvalue weighted by Gasteiger charge is -2.19. The summed E-state index contributed by atoms with van der Waals surface area (Å²) in [7, 11) is 0. The van der Waals surface area contributed by atoms with Gasteiger partial charge < -0.3 is 4.90 Å². The Morgan fingerprint density at radius 2 is 1.81 bits per heavy atom. The van der Waals surface area contributed by atoms with Crippen LogP contribution in [-0.2, 0) is 0 Å². The topological polar surface area (TPSA) is 20.3 Å². The van der Waals surface area contributed by atoms with Crippen LogP contribution in [0.25, 0.3) is 0 Å². The van der Waals surface area contributed by atoms with E-state index < -0.39 is 0 Å². The van der Waals surface area contributed by atoms with Gasteiger partial charge in [-0.05, 0) is 6.07 Å². The number of alkyl halides is 2. The number of amides is 1. The van der Waals surface area contributed by atoms with Gasteiger partial charge >= 0.3 is 0 Å². The smallest absolute Gasteiger partial charge is 0.256 e. The normalized spacial score (nSPS) is 10.5. The second-order valence-electron chi connectivity index (χ2n) is 2.91. The SMILES string of the molecule is O=C(c1cc(Cl)sc1Cl)N(CCCl)CCCl. The molecule has 0 N–H and O–H groups in total. The first-order chi connectivity index (χ1) is 7.60. The van der Waals surface area contributed by atoms with Gasteiger partial charge in [-0.25, -0.2) is 0 Å². The largest absolute Gasteiger partial charge is 0.336 e. The summed E-state index contributed by atoms with van der Waals surface area (Å²) in [5.41, 5.74) is 0.409. The number of carbonyl (C=O) groups excluding carboxylic acids is 1. The zero-order chi connectivity index (χ0) is 12.1. The Bertz CT molecular complexity index is 362. The van der Waals surface area contributed by atoms with Gasteiger partial charge in [-0.2, -0.15) is 0 Å². The molecule has 0 spiro atoms. The van der Waals surface area contributed by atoms with E-state index in [2.05, 4.69) is 0 Å². The molecule has 0 fully saturated rings. The number of carbonyl (C=O) groups is 1. The van der Waals surface area contributed by atoms with E-state index in [4.69, 9.17) is 46.4 Å². The highest BCUT2D eigenvalue weighted by molar-refractivity contribution is 7.20. The molecule has 1 rings (SSSR count). The second kappa shape index (κ2) is 6.92. The first-order valence-corrected chi connectivity index (χ1v) is 7.10. The van der Waals surface area contributed by atoms with Crippen LogP contribution in [0.3, 0.4) is 0 Å². The molecule has 0 aliphatic rings. The molecule has 2 nitrogen and oxygen atoms in total. The van der Waals surface area contributed by atoms with E-state index in [0.29, 0.717) is 39.1 Å². The van der Waals surface area contributed by atoms with E-state index in [0.717, 1.165) is 0 Å². The Labute approximate surface area is 118 Å². The van der Waals surface area contributed by atoms with Crippen LogP contribution in [-0.4, -0.2) is 35.7 Å². The Kier molecular flexibility index (Phi) is 6.22. The summed E-state index contributed by atoms with van der Waals surface area (Å²) in [6.07, 6.45) is 0. The monoisotopic (exact) mass is 319 g/mol. The van der Waals surface area contributed by atoms with Crippen molar-refractivity contribution in [2.75, 3.05) is 24.8 Å². The summed E-state index contributed by atoms with van der Waals surface area (Å²) in [5.74, 6) is 0.533. The summed E-state index contributed by atoms with van der Waals surface area (Å²) >= 11 is 24.1. The molecule has 0 aliphatic carbocycles. The average Bonchev–Trinajstić information content (AvgIpc) is 2.56. The highest BCUT2D eigenvalue weighted by Gasteiger charge is 2.19. The molecule has 1 aromatic heterocycles. The molecule has 0 atom stereocenters. The molecule has 0 saturated carbocycles. The van der Waals surface area contributed by atoms with Gasteiger partial charge in [0.2, 0.25) is 0 Å². The fourth-order valence-corrected chi connectivity index (χ4v) is 3.03. The van der Waals surface area contributed by atoms with E-state index in [1.165, 1.54) is 11.3 Å². The molecule has 1 amide bonds. The van der Waals surface area contributed by atoms with Gasteiger partial charge in [-0.15, -0.1) is 34.5 Å². The van der Waals surface area contributed by atoms with Gasteiger partial charge in [0.15, 0.2) is 0 Å². The molecule has 1 aromatic rings. The lowest BCUT2D eigenvalue weighted by molar-refractivity contribution is 0.0776. The lowest BCUT2D eigenvalue weighted by Crippen LogP contribution is -2.34. The molecule has 90 valence electrons. The zero-order valence-electron chi connectivity index (χ0n) is 8.18. The Morgan fingerprint density at radius 3 is 2.19 bits per heavy atom. The van der Waals surface area contributed by atoms with E-state index in [-0.39, 0.29) is 5.91 Å². The standard InChI is InChI=1S/C9H9Cl4NOS/c10-1-3-14(4-2-11)9(15)6-5-7(12)16-8(6)13/h5H,1-4H2. The van der Waals surface area contributed by atoms with Gasteiger partial charge in [0.1, 0.15) is 4.34 Å². The van der Waals surface area contributed by atoms with Crippen LogP contribution in [0.4, 0.5) is 0 Å². The van der Waals surface area contributed by atoms with Crippen molar-refractivity contribution in [1.82, 2.24) is 4.90 Å². The van der Waals surface area contributed by atoms with Crippen molar-refractivity contribution in [3.63, 3.8) is 0 Å². The third-order valence-electron chi connectivity index (χ3n) is 1.88. The summed E-state index contributed by atoms with van der Waals surface area (Å²) in [5, 5.41) is 0. The maximum absolute atomic E-state index is 12.0. The Hall–Kier alpha value is 0.330. The molecule has 7 heteroatoms. The molecule has 0 radical (unpaired) electrons. The van der Waals surface area contributed by atoms with Crippen LogP contribution < -0.4 is 0 Å². The molecule has 16 heavy (non-hydrogen) atoms. The van der Waals surface area contributed by atoms with Crippen molar-refractivity contribution in [2.45, 2.75) is 0 Å². The van der Waals surface area contributed by atoms with Crippen molar-refractivity contribution >= 4 is 63.6 Å². The van der Waals surface area contributed by atoms with Crippen LogP contribution >= 0.6 is 57.7 Å². The van der Waals surface area contributed by atoms with Crippen LogP contribution in [0.2, 0.25) is 8.67 Å². The van der Waals surface area contributed by atoms with Crippen LogP contribution in [0.1, 0.15) is 10.4 Å². The van der Waals surface area contributed by atoms with Crippen molar-refractivity contribution in [3.8, 4) is 0 Å². The average molecular weight is 321 g/mol. The fraction of sp³-hybridized carbons (Fsp3) is 0.444. The van der Waals surface area contributed by atoms with Crippen LogP contribution in [0.15, 0.2) is 6.07 Å².